The first-order chi connectivity index (χ1) is 12.8. The largest absolute Gasteiger partial charge is 0.289 e. The maximum Gasteiger partial charge on any atom is 0.189 e. The summed E-state index contributed by atoms with van der Waals surface area (Å²) in [5, 5.41) is 9.13. The Morgan fingerprint density at radius 1 is 1.15 bits per heavy atom. The number of carbonyl (C=O) groups excluding carboxylic acids is 1. The van der Waals surface area contributed by atoms with Crippen molar-refractivity contribution in [1.29, 1.82) is 0 Å². The highest BCUT2D eigenvalue weighted by atomic mass is 35.5. The lowest BCUT2D eigenvalue weighted by atomic mass is 10.1. The molecular weight excluding hydrogens is 367 g/mol. The van der Waals surface area contributed by atoms with Gasteiger partial charge in [-0.2, -0.15) is 10.2 Å². The lowest BCUT2D eigenvalue weighted by Gasteiger charge is -2.03. The van der Waals surface area contributed by atoms with E-state index in [0.29, 0.717) is 34.2 Å². The molecule has 0 spiro atoms. The van der Waals surface area contributed by atoms with Crippen LogP contribution in [-0.2, 0) is 13.6 Å². The van der Waals surface area contributed by atoms with Crippen LogP contribution in [0.5, 0.6) is 0 Å². The molecule has 7 heteroatoms. The number of nitrogens with zero attached hydrogens (tertiary/aromatic N) is 4. The quantitative estimate of drug-likeness (QED) is 0.486. The number of allylic oxidation sites excluding steroid dienone is 1. The van der Waals surface area contributed by atoms with Gasteiger partial charge in [0.2, 0.25) is 0 Å². The average molecular weight is 387 g/mol. The van der Waals surface area contributed by atoms with Crippen LogP contribution in [0.25, 0.3) is 6.08 Å². The van der Waals surface area contributed by atoms with Crippen LogP contribution in [0.1, 0.15) is 38.6 Å². The van der Waals surface area contributed by atoms with Gasteiger partial charge in [0, 0.05) is 18.3 Å². The van der Waals surface area contributed by atoms with Gasteiger partial charge >= 0.3 is 0 Å². The van der Waals surface area contributed by atoms with Crippen molar-refractivity contribution in [2.75, 3.05) is 0 Å². The van der Waals surface area contributed by atoms with E-state index >= 15 is 0 Å². The van der Waals surface area contributed by atoms with Gasteiger partial charge in [0.25, 0.3) is 0 Å². The summed E-state index contributed by atoms with van der Waals surface area (Å²) in [4.78, 5) is 12.6. The molecule has 2 heterocycles. The summed E-state index contributed by atoms with van der Waals surface area (Å²) >= 11 is 6.45. The molecule has 0 unspecified atom stereocenters. The molecule has 0 atom stereocenters. The average Bonchev–Trinajstić information content (AvgIpc) is 3.03. The summed E-state index contributed by atoms with van der Waals surface area (Å²) in [7, 11) is 1.81. The number of hydrogen-bond acceptors (Lipinski definition) is 3. The highest BCUT2D eigenvalue weighted by Crippen LogP contribution is 2.23. The second-order valence-corrected chi connectivity index (χ2v) is 6.80. The predicted octanol–water partition coefficient (Wildman–Crippen LogP) is 4.28. The molecule has 0 aliphatic rings. The van der Waals surface area contributed by atoms with Crippen LogP contribution in [0.15, 0.2) is 30.3 Å². The zero-order valence-corrected chi connectivity index (χ0v) is 16.4. The van der Waals surface area contributed by atoms with Crippen molar-refractivity contribution >= 4 is 23.5 Å². The molecule has 1 aromatic carbocycles. The molecule has 3 rings (SSSR count). The molecule has 2 aromatic heterocycles. The summed E-state index contributed by atoms with van der Waals surface area (Å²) in [6.45, 7) is 5.92. The van der Waals surface area contributed by atoms with Crippen LogP contribution in [0, 0.1) is 26.6 Å². The lowest BCUT2D eigenvalue weighted by molar-refractivity contribution is 0.104. The minimum absolute atomic E-state index is 0.125. The van der Waals surface area contributed by atoms with Gasteiger partial charge in [-0.05, 0) is 50.6 Å². The van der Waals surface area contributed by atoms with E-state index in [1.807, 2.05) is 27.8 Å². The summed E-state index contributed by atoms with van der Waals surface area (Å²) in [6, 6.07) is 6.18. The fraction of sp³-hybridized carbons (Fsp3) is 0.250. The molecule has 140 valence electrons. The van der Waals surface area contributed by atoms with Gasteiger partial charge in [-0.3, -0.25) is 9.48 Å². The molecule has 0 bridgehead atoms. The molecule has 0 saturated heterocycles. The van der Waals surface area contributed by atoms with Gasteiger partial charge in [0.05, 0.1) is 23.5 Å². The molecule has 0 N–H and O–H groups in total. The Hall–Kier alpha value is -2.73. The first kappa shape index (κ1) is 19.0. The molecule has 27 heavy (non-hydrogen) atoms. The zero-order chi connectivity index (χ0) is 19.7. The molecule has 0 aliphatic carbocycles. The normalized spacial score (nSPS) is 11.5. The lowest BCUT2D eigenvalue weighted by Crippen LogP contribution is -2.02. The molecule has 0 radical (unpaired) electrons. The van der Waals surface area contributed by atoms with Crippen molar-refractivity contribution in [1.82, 2.24) is 19.6 Å². The Morgan fingerprint density at radius 2 is 1.81 bits per heavy atom. The number of ketones is 1. The molecule has 5 nitrogen and oxygen atoms in total. The Morgan fingerprint density at radius 3 is 2.41 bits per heavy atom. The molecular formula is C20H20ClFN4O. The molecule has 3 aromatic rings. The van der Waals surface area contributed by atoms with Crippen molar-refractivity contribution in [3.8, 4) is 0 Å². The van der Waals surface area contributed by atoms with Crippen LogP contribution in [0.4, 0.5) is 4.39 Å². The van der Waals surface area contributed by atoms with E-state index in [0.717, 1.165) is 11.3 Å². The number of benzene rings is 1. The third-order valence-corrected chi connectivity index (χ3v) is 4.91. The standard InChI is InChI=1S/C20H20ClFN4O/c1-12-17(9-10-18(27)19-13(2)23-25(4)14(19)3)20(21)26(24-12)11-15-5-7-16(22)8-6-15/h5-10H,11H2,1-4H3. The van der Waals surface area contributed by atoms with Crippen LogP contribution in [-0.4, -0.2) is 25.3 Å². The number of halogens is 2. The van der Waals surface area contributed by atoms with Crippen molar-refractivity contribution in [3.05, 3.63) is 75.1 Å². The number of carbonyl (C=O) groups is 1. The van der Waals surface area contributed by atoms with E-state index < -0.39 is 0 Å². The number of rotatable bonds is 5. The van der Waals surface area contributed by atoms with Crippen molar-refractivity contribution in [2.24, 2.45) is 7.05 Å². The summed E-state index contributed by atoms with van der Waals surface area (Å²) in [6.07, 6.45) is 3.18. The SMILES string of the molecule is Cc1nn(Cc2ccc(F)cc2)c(Cl)c1C=CC(=O)c1c(C)nn(C)c1C. The van der Waals surface area contributed by atoms with Gasteiger partial charge in [-0.1, -0.05) is 23.7 Å². The highest BCUT2D eigenvalue weighted by molar-refractivity contribution is 6.31. The van der Waals surface area contributed by atoms with Crippen molar-refractivity contribution < 1.29 is 9.18 Å². The molecule has 0 fully saturated rings. The third kappa shape index (κ3) is 3.85. The number of aryl methyl sites for hydroxylation is 3. The topological polar surface area (TPSA) is 52.7 Å². The van der Waals surface area contributed by atoms with Crippen LogP contribution in [0.3, 0.4) is 0 Å². The van der Waals surface area contributed by atoms with Gasteiger partial charge in [-0.25, -0.2) is 9.07 Å². The summed E-state index contributed by atoms with van der Waals surface area (Å²) < 4.78 is 16.4. The van der Waals surface area contributed by atoms with E-state index in [2.05, 4.69) is 10.2 Å². The number of hydrogen-bond donors (Lipinski definition) is 0. The van der Waals surface area contributed by atoms with Crippen LogP contribution < -0.4 is 0 Å². The third-order valence-electron chi connectivity index (χ3n) is 4.51. The second kappa shape index (κ2) is 7.48. The first-order valence-corrected chi connectivity index (χ1v) is 8.85. The second-order valence-electron chi connectivity index (χ2n) is 6.44. The van der Waals surface area contributed by atoms with Crippen LogP contribution in [0.2, 0.25) is 5.15 Å². The van der Waals surface area contributed by atoms with E-state index in [-0.39, 0.29) is 11.6 Å². The molecule has 0 saturated carbocycles. The Kier molecular flexibility index (Phi) is 5.28. The van der Waals surface area contributed by atoms with Crippen molar-refractivity contribution in [2.45, 2.75) is 27.3 Å². The van der Waals surface area contributed by atoms with Gasteiger partial charge in [-0.15, -0.1) is 0 Å². The monoisotopic (exact) mass is 386 g/mol. The smallest absolute Gasteiger partial charge is 0.189 e. The first-order valence-electron chi connectivity index (χ1n) is 8.48. The minimum atomic E-state index is -0.287. The molecule has 0 aliphatic heterocycles. The van der Waals surface area contributed by atoms with E-state index in [1.165, 1.54) is 18.2 Å². The van der Waals surface area contributed by atoms with E-state index in [4.69, 9.17) is 11.6 Å². The maximum absolute atomic E-state index is 13.1. The van der Waals surface area contributed by atoms with Gasteiger partial charge in [0.15, 0.2) is 5.78 Å². The minimum Gasteiger partial charge on any atom is -0.289 e. The van der Waals surface area contributed by atoms with Gasteiger partial charge < -0.3 is 0 Å². The fourth-order valence-corrected chi connectivity index (χ4v) is 3.29. The van der Waals surface area contributed by atoms with E-state index in [1.54, 1.807) is 27.6 Å². The van der Waals surface area contributed by atoms with Crippen LogP contribution >= 0.6 is 11.6 Å². The zero-order valence-electron chi connectivity index (χ0n) is 15.6. The number of aromatic nitrogens is 4. The predicted molar refractivity (Wildman–Crippen MR) is 104 cm³/mol. The Balaban J connectivity index is 1.85. The maximum atomic E-state index is 13.1. The Labute approximate surface area is 162 Å². The fourth-order valence-electron chi connectivity index (χ4n) is 3.00. The summed E-state index contributed by atoms with van der Waals surface area (Å²) in [5.74, 6) is -0.413. The molecule has 0 amide bonds. The highest BCUT2D eigenvalue weighted by Gasteiger charge is 2.16. The summed E-state index contributed by atoms with van der Waals surface area (Å²) in [5.41, 5.74) is 4.39. The Bertz CT molecular complexity index is 1030. The van der Waals surface area contributed by atoms with E-state index in [9.17, 15) is 9.18 Å². The van der Waals surface area contributed by atoms with Crippen molar-refractivity contribution in [3.63, 3.8) is 0 Å². The van der Waals surface area contributed by atoms with Gasteiger partial charge in [0.1, 0.15) is 11.0 Å².